The lowest BCUT2D eigenvalue weighted by Gasteiger charge is -2.42. The molecule has 1 aliphatic heterocycles. The Morgan fingerprint density at radius 3 is 2.28 bits per heavy atom. The van der Waals surface area contributed by atoms with Crippen molar-refractivity contribution < 1.29 is 4.43 Å². The molecule has 142 valence electrons. The summed E-state index contributed by atoms with van der Waals surface area (Å²) in [5.74, 6) is 0. The molecular formula is C21H38N2OSi. The zero-order chi connectivity index (χ0) is 18.6. The number of likely N-dealkylation sites (N-methyl/N-ethyl adjacent to an activating group) is 1. The molecule has 1 aromatic carbocycles. The first kappa shape index (κ1) is 20.5. The molecule has 1 N–H and O–H groups in total. The lowest BCUT2D eigenvalue weighted by Crippen LogP contribution is -2.48. The van der Waals surface area contributed by atoms with Crippen molar-refractivity contribution in [3.8, 4) is 0 Å². The van der Waals surface area contributed by atoms with E-state index < -0.39 is 8.32 Å². The highest BCUT2D eigenvalue weighted by Crippen LogP contribution is 2.42. The number of hydrogen-bond donors (Lipinski definition) is 1. The quantitative estimate of drug-likeness (QED) is 0.649. The zero-order valence-corrected chi connectivity index (χ0v) is 18.3. The van der Waals surface area contributed by atoms with E-state index in [1.807, 2.05) is 0 Å². The number of hydrogen-bond acceptors (Lipinski definition) is 3. The van der Waals surface area contributed by atoms with Gasteiger partial charge in [-0.15, -0.1) is 0 Å². The van der Waals surface area contributed by atoms with Crippen LogP contribution in [0.3, 0.4) is 0 Å². The van der Waals surface area contributed by atoms with Crippen LogP contribution in [0.4, 0.5) is 5.69 Å². The van der Waals surface area contributed by atoms with Crippen LogP contribution in [-0.4, -0.2) is 39.5 Å². The predicted molar refractivity (Wildman–Crippen MR) is 112 cm³/mol. The normalized spacial score (nSPS) is 19.2. The van der Waals surface area contributed by atoms with E-state index >= 15 is 0 Å². The number of para-hydroxylation sites is 1. The van der Waals surface area contributed by atoms with E-state index in [0.29, 0.717) is 22.7 Å². The summed E-state index contributed by atoms with van der Waals surface area (Å²) >= 11 is 0. The molecule has 1 atom stereocenters. The highest BCUT2D eigenvalue weighted by molar-refractivity contribution is 6.77. The fraction of sp³-hybridized carbons (Fsp3) is 0.714. The van der Waals surface area contributed by atoms with Gasteiger partial charge >= 0.3 is 0 Å². The van der Waals surface area contributed by atoms with Gasteiger partial charge in [-0.2, -0.15) is 0 Å². The number of nitrogens with zero attached hydrogens (tertiary/aromatic N) is 1. The fourth-order valence-electron chi connectivity index (χ4n) is 4.81. The molecule has 0 fully saturated rings. The third-order valence-corrected chi connectivity index (χ3v) is 12.2. The molecule has 0 aromatic heterocycles. The van der Waals surface area contributed by atoms with Gasteiger partial charge in [0.2, 0.25) is 0 Å². The third kappa shape index (κ3) is 4.47. The maximum absolute atomic E-state index is 6.77. The number of nitrogens with one attached hydrogen (secondary N) is 1. The lowest BCUT2D eigenvalue weighted by molar-refractivity contribution is 0.188. The van der Waals surface area contributed by atoms with Gasteiger partial charge in [0.1, 0.15) is 0 Å². The van der Waals surface area contributed by atoms with E-state index in [-0.39, 0.29) is 0 Å². The number of anilines is 1. The summed E-state index contributed by atoms with van der Waals surface area (Å²) in [6, 6.07) is 9.18. The highest BCUT2D eigenvalue weighted by atomic mass is 28.4. The SMILES string of the molecule is CC(C)[Si](OCC[C@H]1CNc2ccccc2CN1C)(C(C)C)C(C)C. The topological polar surface area (TPSA) is 24.5 Å². The maximum atomic E-state index is 6.77. The molecule has 0 radical (unpaired) electrons. The Morgan fingerprint density at radius 2 is 1.68 bits per heavy atom. The van der Waals surface area contributed by atoms with Crippen molar-refractivity contribution in [3.63, 3.8) is 0 Å². The Bertz CT molecular complexity index is 523. The molecule has 0 bridgehead atoms. The van der Waals surface area contributed by atoms with E-state index in [1.165, 1.54) is 11.3 Å². The molecule has 2 rings (SSSR count). The predicted octanol–water partition coefficient (Wildman–Crippen LogP) is 5.49. The molecular weight excluding hydrogens is 324 g/mol. The molecule has 3 nitrogen and oxygen atoms in total. The van der Waals surface area contributed by atoms with E-state index in [1.54, 1.807) is 0 Å². The van der Waals surface area contributed by atoms with E-state index in [2.05, 4.69) is 83.1 Å². The van der Waals surface area contributed by atoms with Gasteiger partial charge in [0.15, 0.2) is 8.32 Å². The second-order valence-corrected chi connectivity index (χ2v) is 14.0. The van der Waals surface area contributed by atoms with Gasteiger partial charge in [-0.05, 0) is 41.7 Å². The van der Waals surface area contributed by atoms with Crippen LogP contribution in [0.5, 0.6) is 0 Å². The van der Waals surface area contributed by atoms with Gasteiger partial charge in [0, 0.05) is 31.4 Å². The lowest BCUT2D eigenvalue weighted by atomic mass is 10.1. The molecule has 0 spiro atoms. The summed E-state index contributed by atoms with van der Waals surface area (Å²) < 4.78 is 6.77. The van der Waals surface area contributed by atoms with Crippen molar-refractivity contribution in [1.82, 2.24) is 4.90 Å². The molecule has 1 aliphatic rings. The van der Waals surface area contributed by atoms with Gasteiger partial charge in [0.25, 0.3) is 0 Å². The van der Waals surface area contributed by atoms with Crippen molar-refractivity contribution in [2.75, 3.05) is 25.5 Å². The summed E-state index contributed by atoms with van der Waals surface area (Å²) in [5.41, 5.74) is 4.64. The zero-order valence-electron chi connectivity index (χ0n) is 17.3. The Hall–Kier alpha value is -0.843. The largest absolute Gasteiger partial charge is 0.416 e. The molecule has 0 aliphatic carbocycles. The average Bonchev–Trinajstić information content (AvgIpc) is 2.69. The first-order chi connectivity index (χ1) is 11.8. The van der Waals surface area contributed by atoms with Crippen LogP contribution < -0.4 is 5.32 Å². The molecule has 25 heavy (non-hydrogen) atoms. The van der Waals surface area contributed by atoms with E-state index in [0.717, 1.165) is 26.1 Å². The second kappa shape index (κ2) is 8.70. The Kier molecular flexibility index (Phi) is 7.12. The van der Waals surface area contributed by atoms with Gasteiger partial charge in [-0.3, -0.25) is 4.90 Å². The van der Waals surface area contributed by atoms with Crippen LogP contribution in [0.25, 0.3) is 0 Å². The van der Waals surface area contributed by atoms with E-state index in [9.17, 15) is 0 Å². The van der Waals surface area contributed by atoms with Crippen LogP contribution in [-0.2, 0) is 11.0 Å². The Morgan fingerprint density at radius 1 is 1.08 bits per heavy atom. The first-order valence-electron chi connectivity index (χ1n) is 9.95. The fourth-order valence-corrected chi connectivity index (χ4v) is 10.3. The molecule has 1 aromatic rings. The number of fused-ring (bicyclic) bond motifs is 1. The first-order valence-corrected chi connectivity index (χ1v) is 12.1. The summed E-state index contributed by atoms with van der Waals surface area (Å²) in [6.45, 7) is 17.1. The van der Waals surface area contributed by atoms with Crippen LogP contribution in [0.15, 0.2) is 24.3 Å². The van der Waals surface area contributed by atoms with Gasteiger partial charge in [-0.25, -0.2) is 0 Å². The maximum Gasteiger partial charge on any atom is 0.200 e. The minimum Gasteiger partial charge on any atom is -0.416 e. The monoisotopic (exact) mass is 362 g/mol. The molecule has 0 unspecified atom stereocenters. The van der Waals surface area contributed by atoms with Crippen LogP contribution in [0.2, 0.25) is 16.6 Å². The average molecular weight is 363 g/mol. The van der Waals surface area contributed by atoms with Crippen LogP contribution in [0, 0.1) is 0 Å². The van der Waals surface area contributed by atoms with Crippen LogP contribution in [0.1, 0.15) is 53.5 Å². The van der Waals surface area contributed by atoms with Gasteiger partial charge in [0.05, 0.1) is 0 Å². The van der Waals surface area contributed by atoms with Gasteiger partial charge in [-0.1, -0.05) is 59.7 Å². The summed E-state index contributed by atoms with van der Waals surface area (Å²) in [4.78, 5) is 2.48. The van der Waals surface area contributed by atoms with Crippen LogP contribution >= 0.6 is 0 Å². The summed E-state index contributed by atoms with van der Waals surface area (Å²) in [6.07, 6.45) is 1.10. The summed E-state index contributed by atoms with van der Waals surface area (Å²) in [5, 5.41) is 3.64. The van der Waals surface area contributed by atoms with Crippen molar-refractivity contribution in [3.05, 3.63) is 29.8 Å². The molecule has 0 amide bonds. The molecule has 0 saturated carbocycles. The standard InChI is InChI=1S/C21H38N2OSi/c1-16(2)25(17(3)4,18(5)6)24-13-12-20-14-22-21-11-9-8-10-19(21)15-23(20)7/h8-11,16-18,20,22H,12-15H2,1-7H3/t20-/m0/s1. The third-order valence-electron chi connectivity index (χ3n) is 6.10. The van der Waals surface area contributed by atoms with Crippen molar-refractivity contribution in [2.24, 2.45) is 0 Å². The second-order valence-electron chi connectivity index (χ2n) is 8.56. The number of benzene rings is 1. The minimum absolute atomic E-state index is 0.519. The highest BCUT2D eigenvalue weighted by Gasteiger charge is 2.45. The smallest absolute Gasteiger partial charge is 0.200 e. The van der Waals surface area contributed by atoms with Crippen molar-refractivity contribution >= 4 is 14.0 Å². The minimum atomic E-state index is -1.75. The summed E-state index contributed by atoms with van der Waals surface area (Å²) in [7, 11) is 0.493. The molecule has 1 heterocycles. The number of rotatable bonds is 7. The molecule has 0 saturated heterocycles. The Labute approximate surface area is 156 Å². The van der Waals surface area contributed by atoms with Crippen molar-refractivity contribution in [2.45, 2.75) is 77.2 Å². The van der Waals surface area contributed by atoms with Gasteiger partial charge < -0.3 is 9.74 Å². The van der Waals surface area contributed by atoms with Crippen molar-refractivity contribution in [1.29, 1.82) is 0 Å². The Balaban J connectivity index is 1.99. The van der Waals surface area contributed by atoms with E-state index in [4.69, 9.17) is 4.43 Å². The molecule has 4 heteroatoms.